The molecule has 0 aliphatic heterocycles. The summed E-state index contributed by atoms with van der Waals surface area (Å²) < 4.78 is 1.89. The molecule has 0 bridgehead atoms. The first kappa shape index (κ1) is 12.6. The predicted octanol–water partition coefficient (Wildman–Crippen LogP) is 4.95. The Morgan fingerprint density at radius 2 is 1.78 bits per heavy atom. The SMILES string of the molecule is Clc1ccc2c(c1)CCc1cc(Br)c(Br)nc1C2. The summed E-state index contributed by atoms with van der Waals surface area (Å²) in [5, 5.41) is 0.815. The molecule has 2 aromatic rings. The summed E-state index contributed by atoms with van der Waals surface area (Å²) in [6.07, 6.45) is 2.92. The number of halogens is 3. The molecule has 0 unspecified atom stereocenters. The van der Waals surface area contributed by atoms with E-state index in [4.69, 9.17) is 11.6 Å². The van der Waals surface area contributed by atoms with Crippen LogP contribution in [0.25, 0.3) is 0 Å². The molecule has 1 aromatic carbocycles. The zero-order chi connectivity index (χ0) is 12.7. The van der Waals surface area contributed by atoms with Crippen molar-refractivity contribution in [2.75, 3.05) is 0 Å². The molecular weight excluding hydrogens is 377 g/mol. The number of rotatable bonds is 0. The van der Waals surface area contributed by atoms with Crippen molar-refractivity contribution in [2.45, 2.75) is 19.3 Å². The quantitative estimate of drug-likeness (QED) is 0.583. The van der Waals surface area contributed by atoms with Crippen molar-refractivity contribution < 1.29 is 0 Å². The highest BCUT2D eigenvalue weighted by molar-refractivity contribution is 9.13. The normalized spacial score (nSPS) is 13.7. The van der Waals surface area contributed by atoms with E-state index in [-0.39, 0.29) is 0 Å². The van der Waals surface area contributed by atoms with Gasteiger partial charge in [0.05, 0.1) is 4.47 Å². The molecule has 0 saturated carbocycles. The minimum atomic E-state index is 0.815. The molecule has 18 heavy (non-hydrogen) atoms. The Labute approximate surface area is 128 Å². The van der Waals surface area contributed by atoms with E-state index in [0.29, 0.717) is 0 Å². The predicted molar refractivity (Wildman–Crippen MR) is 81.3 cm³/mol. The van der Waals surface area contributed by atoms with Crippen LogP contribution in [0.1, 0.15) is 22.4 Å². The Morgan fingerprint density at radius 1 is 1.00 bits per heavy atom. The zero-order valence-corrected chi connectivity index (χ0v) is 13.4. The van der Waals surface area contributed by atoms with Crippen LogP contribution in [0.4, 0.5) is 0 Å². The summed E-state index contributed by atoms with van der Waals surface area (Å²) in [5.74, 6) is 0. The van der Waals surface area contributed by atoms with E-state index < -0.39 is 0 Å². The molecule has 1 aliphatic carbocycles. The second-order valence-electron chi connectivity index (χ2n) is 4.46. The maximum absolute atomic E-state index is 6.06. The molecule has 1 aromatic heterocycles. The van der Waals surface area contributed by atoms with Gasteiger partial charge in [-0.25, -0.2) is 4.98 Å². The molecule has 0 fully saturated rings. The largest absolute Gasteiger partial charge is 0.244 e. The fourth-order valence-corrected chi connectivity index (χ4v) is 3.25. The number of fused-ring (bicyclic) bond motifs is 2. The molecule has 3 rings (SSSR count). The van der Waals surface area contributed by atoms with Crippen molar-refractivity contribution in [1.29, 1.82) is 0 Å². The van der Waals surface area contributed by atoms with Crippen LogP contribution in [0.3, 0.4) is 0 Å². The average molecular weight is 388 g/mol. The van der Waals surface area contributed by atoms with Crippen molar-refractivity contribution in [1.82, 2.24) is 4.98 Å². The zero-order valence-electron chi connectivity index (χ0n) is 9.51. The number of nitrogens with zero attached hydrogens (tertiary/aromatic N) is 1. The first-order valence-electron chi connectivity index (χ1n) is 5.74. The third kappa shape index (κ3) is 2.36. The Bertz CT molecular complexity index is 625. The van der Waals surface area contributed by atoms with Crippen LogP contribution in [0.2, 0.25) is 5.02 Å². The van der Waals surface area contributed by atoms with Crippen LogP contribution in [-0.2, 0) is 19.3 Å². The molecule has 1 aliphatic rings. The van der Waals surface area contributed by atoms with E-state index in [1.54, 1.807) is 0 Å². The van der Waals surface area contributed by atoms with Crippen LogP contribution in [0.15, 0.2) is 33.3 Å². The van der Waals surface area contributed by atoms with Crippen LogP contribution in [0, 0.1) is 0 Å². The molecule has 1 nitrogen and oxygen atoms in total. The first-order chi connectivity index (χ1) is 8.63. The van der Waals surface area contributed by atoms with Gasteiger partial charge in [0.15, 0.2) is 0 Å². The summed E-state index contributed by atoms with van der Waals surface area (Å²) in [6.45, 7) is 0. The summed E-state index contributed by atoms with van der Waals surface area (Å²) in [7, 11) is 0. The van der Waals surface area contributed by atoms with Crippen molar-refractivity contribution in [3.63, 3.8) is 0 Å². The number of hydrogen-bond acceptors (Lipinski definition) is 1. The molecule has 1 heterocycles. The molecular formula is C14H10Br2ClN. The van der Waals surface area contributed by atoms with Gasteiger partial charge in [-0.3, -0.25) is 0 Å². The Balaban J connectivity index is 2.09. The third-order valence-corrected chi connectivity index (χ3v) is 5.27. The second-order valence-corrected chi connectivity index (χ2v) is 6.50. The van der Waals surface area contributed by atoms with E-state index >= 15 is 0 Å². The highest BCUT2D eigenvalue weighted by atomic mass is 79.9. The summed E-state index contributed by atoms with van der Waals surface area (Å²) >= 11 is 13.0. The summed E-state index contributed by atoms with van der Waals surface area (Å²) in [6, 6.07) is 8.32. The maximum atomic E-state index is 6.06. The molecule has 0 spiro atoms. The van der Waals surface area contributed by atoms with Crippen LogP contribution in [-0.4, -0.2) is 4.98 Å². The minimum absolute atomic E-state index is 0.815. The summed E-state index contributed by atoms with van der Waals surface area (Å²) in [4.78, 5) is 4.63. The van der Waals surface area contributed by atoms with E-state index in [9.17, 15) is 0 Å². The van der Waals surface area contributed by atoms with Crippen LogP contribution >= 0.6 is 43.5 Å². The smallest absolute Gasteiger partial charge is 0.120 e. The van der Waals surface area contributed by atoms with Gasteiger partial charge in [-0.15, -0.1) is 0 Å². The van der Waals surface area contributed by atoms with Crippen molar-refractivity contribution >= 4 is 43.5 Å². The van der Waals surface area contributed by atoms with Crippen molar-refractivity contribution in [2.24, 2.45) is 0 Å². The molecule has 0 N–H and O–H groups in total. The van der Waals surface area contributed by atoms with Gasteiger partial charge in [0.25, 0.3) is 0 Å². The molecule has 0 saturated heterocycles. The Kier molecular flexibility index (Phi) is 3.48. The number of benzene rings is 1. The topological polar surface area (TPSA) is 12.9 Å². The highest BCUT2D eigenvalue weighted by Gasteiger charge is 2.16. The fourth-order valence-electron chi connectivity index (χ4n) is 2.36. The Morgan fingerprint density at radius 3 is 2.61 bits per heavy atom. The monoisotopic (exact) mass is 385 g/mol. The fraction of sp³-hybridized carbons (Fsp3) is 0.214. The standard InChI is InChI=1S/C14H10Br2ClN/c15-12-6-10-2-1-8-5-11(17)4-3-9(8)7-13(10)18-14(12)16/h3-6H,1-2,7H2. The highest BCUT2D eigenvalue weighted by Crippen LogP contribution is 2.30. The molecule has 0 radical (unpaired) electrons. The van der Waals surface area contributed by atoms with Crippen molar-refractivity contribution in [3.05, 3.63) is 60.7 Å². The van der Waals surface area contributed by atoms with E-state index in [1.807, 2.05) is 6.07 Å². The van der Waals surface area contributed by atoms with Gasteiger partial charge in [0.2, 0.25) is 0 Å². The molecule has 4 heteroatoms. The van der Waals surface area contributed by atoms with Crippen molar-refractivity contribution in [3.8, 4) is 0 Å². The number of hydrogen-bond donors (Lipinski definition) is 0. The number of pyridine rings is 1. The lowest BCUT2D eigenvalue weighted by atomic mass is 10.0. The van der Waals surface area contributed by atoms with E-state index in [0.717, 1.165) is 39.1 Å². The Hall–Kier alpha value is -0.380. The lowest BCUT2D eigenvalue weighted by Gasteiger charge is -2.07. The number of aromatic nitrogens is 1. The van der Waals surface area contributed by atoms with Gasteiger partial charge < -0.3 is 0 Å². The van der Waals surface area contributed by atoms with Gasteiger partial charge in [-0.1, -0.05) is 17.7 Å². The van der Waals surface area contributed by atoms with Crippen LogP contribution < -0.4 is 0 Å². The van der Waals surface area contributed by atoms with Gasteiger partial charge in [-0.2, -0.15) is 0 Å². The minimum Gasteiger partial charge on any atom is -0.244 e. The number of aryl methyl sites for hydroxylation is 2. The lowest BCUT2D eigenvalue weighted by molar-refractivity contribution is 0.945. The van der Waals surface area contributed by atoms with Gasteiger partial charge >= 0.3 is 0 Å². The first-order valence-corrected chi connectivity index (χ1v) is 7.71. The summed E-state index contributed by atoms with van der Waals surface area (Å²) in [5.41, 5.74) is 5.15. The van der Waals surface area contributed by atoms with E-state index in [2.05, 4.69) is 55.0 Å². The third-order valence-electron chi connectivity index (χ3n) is 3.29. The van der Waals surface area contributed by atoms with E-state index in [1.165, 1.54) is 16.7 Å². The van der Waals surface area contributed by atoms with Crippen LogP contribution in [0.5, 0.6) is 0 Å². The van der Waals surface area contributed by atoms with Gasteiger partial charge in [-0.05, 0) is 79.6 Å². The lowest BCUT2D eigenvalue weighted by Crippen LogP contribution is -1.97. The maximum Gasteiger partial charge on any atom is 0.120 e. The van der Waals surface area contributed by atoms with Gasteiger partial charge in [0, 0.05) is 17.1 Å². The molecule has 0 atom stereocenters. The van der Waals surface area contributed by atoms with Gasteiger partial charge in [0.1, 0.15) is 4.60 Å². The molecule has 92 valence electrons. The molecule has 0 amide bonds. The second kappa shape index (κ2) is 4.95. The average Bonchev–Trinajstić information content (AvgIpc) is 2.50.